The predicted molar refractivity (Wildman–Crippen MR) is 97.1 cm³/mol. The first-order valence-corrected chi connectivity index (χ1v) is 8.29. The first-order valence-electron chi connectivity index (χ1n) is 8.29. The van der Waals surface area contributed by atoms with Gasteiger partial charge in [0.05, 0.1) is 18.1 Å². The number of hydrogen-bond acceptors (Lipinski definition) is 3. The molecule has 1 amide bonds. The van der Waals surface area contributed by atoms with Gasteiger partial charge in [-0.05, 0) is 44.0 Å². The van der Waals surface area contributed by atoms with E-state index >= 15 is 0 Å². The number of carbonyl (C=O) groups excluding carboxylic acids is 1. The molecule has 0 aliphatic heterocycles. The van der Waals surface area contributed by atoms with Gasteiger partial charge in [0, 0.05) is 18.1 Å². The molecule has 3 rings (SSSR count). The molecule has 0 saturated carbocycles. The van der Waals surface area contributed by atoms with Crippen molar-refractivity contribution in [2.24, 2.45) is 0 Å². The van der Waals surface area contributed by atoms with Crippen LogP contribution in [-0.4, -0.2) is 20.4 Å². The Hall–Kier alpha value is -2.95. The summed E-state index contributed by atoms with van der Waals surface area (Å²) in [6, 6.07) is 11.9. The zero-order valence-corrected chi connectivity index (χ0v) is 14.7. The van der Waals surface area contributed by atoms with E-state index in [1.807, 2.05) is 49.6 Å². The van der Waals surface area contributed by atoms with Gasteiger partial charge in [0.25, 0.3) is 0 Å². The number of benzene rings is 1. The largest absolute Gasteiger partial charge is 0.344 e. The van der Waals surface area contributed by atoms with Gasteiger partial charge in [-0.1, -0.05) is 29.8 Å². The average molecular weight is 334 g/mol. The summed E-state index contributed by atoms with van der Waals surface area (Å²) in [5.74, 6) is -0.0529. The molecule has 1 N–H and O–H groups in total. The lowest BCUT2D eigenvalue weighted by atomic mass is 9.98. The molecule has 1 atom stereocenters. The third kappa shape index (κ3) is 3.94. The van der Waals surface area contributed by atoms with Gasteiger partial charge < -0.3 is 9.88 Å². The Morgan fingerprint density at radius 1 is 1.04 bits per heavy atom. The summed E-state index contributed by atoms with van der Waals surface area (Å²) in [7, 11) is 0. The molecule has 3 aromatic rings. The first kappa shape index (κ1) is 16.9. The lowest BCUT2D eigenvalue weighted by Crippen LogP contribution is -2.32. The van der Waals surface area contributed by atoms with Crippen molar-refractivity contribution < 1.29 is 4.79 Å². The molecule has 5 heteroatoms. The van der Waals surface area contributed by atoms with E-state index in [4.69, 9.17) is 0 Å². The van der Waals surface area contributed by atoms with E-state index in [0.29, 0.717) is 0 Å². The van der Waals surface area contributed by atoms with Crippen molar-refractivity contribution in [2.45, 2.75) is 33.4 Å². The topological polar surface area (TPSA) is 59.8 Å². The molecule has 0 spiro atoms. The number of imidazole rings is 1. The van der Waals surface area contributed by atoms with Crippen LogP contribution in [0.2, 0.25) is 0 Å². The highest BCUT2D eigenvalue weighted by atomic mass is 16.2. The number of rotatable bonds is 5. The fraction of sp³-hybridized carbons (Fsp3) is 0.250. The molecular weight excluding hydrogens is 312 g/mol. The summed E-state index contributed by atoms with van der Waals surface area (Å²) in [5.41, 5.74) is 5.19. The van der Waals surface area contributed by atoms with E-state index in [9.17, 15) is 4.79 Å². The van der Waals surface area contributed by atoms with Gasteiger partial charge in [-0.25, -0.2) is 4.98 Å². The third-order valence-electron chi connectivity index (χ3n) is 4.41. The standard InChI is InChI=1S/C20H22N4O/c1-14-4-6-17(7-5-14)20(18-8-10-21-11-9-18)23-19(25)12-24-13-22-15(2)16(24)3/h4-11,13,20H,12H2,1-3H3,(H,23,25)/t20-/m0/s1. The molecule has 5 nitrogen and oxygen atoms in total. The van der Waals surface area contributed by atoms with E-state index < -0.39 is 0 Å². The monoisotopic (exact) mass is 334 g/mol. The minimum atomic E-state index is -0.207. The van der Waals surface area contributed by atoms with Crippen LogP contribution < -0.4 is 5.32 Å². The quantitative estimate of drug-likeness (QED) is 0.780. The van der Waals surface area contributed by atoms with Crippen LogP contribution in [0.5, 0.6) is 0 Å². The number of pyridine rings is 1. The Morgan fingerprint density at radius 2 is 1.68 bits per heavy atom. The normalized spacial score (nSPS) is 12.0. The summed E-state index contributed by atoms with van der Waals surface area (Å²) in [6.07, 6.45) is 5.19. The number of aromatic nitrogens is 3. The predicted octanol–water partition coefficient (Wildman–Crippen LogP) is 3.11. The Kier molecular flexibility index (Phi) is 4.93. The Labute approximate surface area is 147 Å². The highest BCUT2D eigenvalue weighted by Crippen LogP contribution is 2.22. The van der Waals surface area contributed by atoms with E-state index in [2.05, 4.69) is 27.4 Å². The van der Waals surface area contributed by atoms with Gasteiger partial charge >= 0.3 is 0 Å². The van der Waals surface area contributed by atoms with Crippen LogP contribution >= 0.6 is 0 Å². The molecule has 0 bridgehead atoms. The van der Waals surface area contributed by atoms with Gasteiger partial charge in [0.15, 0.2) is 0 Å². The summed E-state index contributed by atoms with van der Waals surface area (Å²) >= 11 is 0. The molecule has 0 fully saturated rings. The van der Waals surface area contributed by atoms with Crippen molar-refractivity contribution in [3.63, 3.8) is 0 Å². The van der Waals surface area contributed by atoms with Crippen LogP contribution in [0.25, 0.3) is 0 Å². The molecule has 0 aliphatic carbocycles. The molecule has 128 valence electrons. The molecule has 2 aromatic heterocycles. The van der Waals surface area contributed by atoms with E-state index in [0.717, 1.165) is 22.5 Å². The molecule has 25 heavy (non-hydrogen) atoms. The van der Waals surface area contributed by atoms with Crippen LogP contribution in [-0.2, 0) is 11.3 Å². The molecule has 1 aromatic carbocycles. The molecular formula is C20H22N4O. The van der Waals surface area contributed by atoms with Gasteiger partial charge in [-0.2, -0.15) is 0 Å². The number of amides is 1. The van der Waals surface area contributed by atoms with Gasteiger partial charge in [0.2, 0.25) is 5.91 Å². The molecule has 0 aliphatic rings. The Balaban J connectivity index is 1.83. The fourth-order valence-corrected chi connectivity index (χ4v) is 2.74. The van der Waals surface area contributed by atoms with Gasteiger partial charge in [0.1, 0.15) is 6.54 Å². The zero-order chi connectivity index (χ0) is 17.8. The fourth-order valence-electron chi connectivity index (χ4n) is 2.74. The van der Waals surface area contributed by atoms with Crippen LogP contribution in [0.15, 0.2) is 55.1 Å². The van der Waals surface area contributed by atoms with Gasteiger partial charge in [-0.15, -0.1) is 0 Å². The number of carbonyl (C=O) groups is 1. The Morgan fingerprint density at radius 3 is 2.28 bits per heavy atom. The molecule has 0 radical (unpaired) electrons. The molecule has 0 saturated heterocycles. The smallest absolute Gasteiger partial charge is 0.240 e. The first-order chi connectivity index (χ1) is 12.0. The minimum absolute atomic E-state index is 0.0529. The lowest BCUT2D eigenvalue weighted by molar-refractivity contribution is -0.122. The average Bonchev–Trinajstić information content (AvgIpc) is 2.93. The zero-order valence-electron chi connectivity index (χ0n) is 14.7. The van der Waals surface area contributed by atoms with Crippen molar-refractivity contribution >= 4 is 5.91 Å². The van der Waals surface area contributed by atoms with E-state index in [-0.39, 0.29) is 18.5 Å². The van der Waals surface area contributed by atoms with Crippen molar-refractivity contribution in [3.05, 3.63) is 83.2 Å². The van der Waals surface area contributed by atoms with Crippen molar-refractivity contribution in [3.8, 4) is 0 Å². The van der Waals surface area contributed by atoms with Crippen molar-refractivity contribution in [2.75, 3.05) is 0 Å². The summed E-state index contributed by atoms with van der Waals surface area (Å²) in [4.78, 5) is 20.9. The summed E-state index contributed by atoms with van der Waals surface area (Å²) < 4.78 is 1.86. The molecule has 0 unspecified atom stereocenters. The van der Waals surface area contributed by atoms with Crippen LogP contribution in [0.3, 0.4) is 0 Å². The maximum absolute atomic E-state index is 12.6. The second-order valence-electron chi connectivity index (χ2n) is 6.24. The second kappa shape index (κ2) is 7.30. The number of aryl methyl sites for hydroxylation is 2. The minimum Gasteiger partial charge on any atom is -0.344 e. The lowest BCUT2D eigenvalue weighted by Gasteiger charge is -2.20. The van der Waals surface area contributed by atoms with Crippen LogP contribution in [0, 0.1) is 20.8 Å². The third-order valence-corrected chi connectivity index (χ3v) is 4.41. The number of nitrogens with zero attached hydrogens (tertiary/aromatic N) is 3. The Bertz CT molecular complexity index is 853. The maximum Gasteiger partial charge on any atom is 0.240 e. The van der Waals surface area contributed by atoms with Crippen molar-refractivity contribution in [1.29, 1.82) is 0 Å². The highest BCUT2D eigenvalue weighted by Gasteiger charge is 2.17. The molecule has 2 heterocycles. The summed E-state index contributed by atoms with van der Waals surface area (Å²) in [5, 5.41) is 3.14. The number of hydrogen-bond donors (Lipinski definition) is 1. The summed E-state index contributed by atoms with van der Waals surface area (Å²) in [6.45, 7) is 6.21. The van der Waals surface area contributed by atoms with Gasteiger partial charge in [-0.3, -0.25) is 9.78 Å². The van der Waals surface area contributed by atoms with E-state index in [1.165, 1.54) is 5.56 Å². The van der Waals surface area contributed by atoms with Crippen LogP contribution in [0.4, 0.5) is 0 Å². The van der Waals surface area contributed by atoms with Crippen LogP contribution in [0.1, 0.15) is 34.1 Å². The number of nitrogens with one attached hydrogen (secondary N) is 1. The van der Waals surface area contributed by atoms with Crippen molar-refractivity contribution in [1.82, 2.24) is 19.9 Å². The second-order valence-corrected chi connectivity index (χ2v) is 6.24. The maximum atomic E-state index is 12.6. The SMILES string of the molecule is Cc1ccc([C@H](NC(=O)Cn2cnc(C)c2C)c2ccncc2)cc1. The van der Waals surface area contributed by atoms with E-state index in [1.54, 1.807) is 18.7 Å². The highest BCUT2D eigenvalue weighted by molar-refractivity contribution is 5.77.